The normalized spacial score (nSPS) is 13.4. The van der Waals surface area contributed by atoms with E-state index in [9.17, 15) is 17.6 Å². The Kier molecular flexibility index (Phi) is 6.37. The highest BCUT2D eigenvalue weighted by Crippen LogP contribution is 2.31. The molecule has 6 nitrogen and oxygen atoms in total. The lowest BCUT2D eigenvalue weighted by Gasteiger charge is -2.23. The molecule has 1 fully saturated rings. The summed E-state index contributed by atoms with van der Waals surface area (Å²) < 4.78 is 46.9. The Morgan fingerprint density at radius 1 is 1.09 bits per heavy atom. The Hall–Kier alpha value is -3.39. The number of nitrogens with zero attached hydrogens (tertiary/aromatic N) is 1. The van der Waals surface area contributed by atoms with Crippen molar-refractivity contribution in [3.8, 4) is 5.75 Å². The molecule has 3 aromatic rings. The Labute approximate surface area is 193 Å². The fraction of sp³-hybridized carbons (Fsp3) is 0.240. The van der Waals surface area contributed by atoms with Crippen molar-refractivity contribution < 1.29 is 22.3 Å². The van der Waals surface area contributed by atoms with Gasteiger partial charge in [0.05, 0.1) is 12.0 Å². The number of rotatable bonds is 8. The van der Waals surface area contributed by atoms with Gasteiger partial charge in [-0.25, -0.2) is 12.8 Å². The van der Waals surface area contributed by atoms with Crippen LogP contribution in [0.5, 0.6) is 5.75 Å². The highest BCUT2D eigenvalue weighted by Gasteiger charge is 2.33. The van der Waals surface area contributed by atoms with Crippen molar-refractivity contribution in [1.82, 2.24) is 4.90 Å². The smallest absolute Gasteiger partial charge is 0.261 e. The second-order valence-corrected chi connectivity index (χ2v) is 9.79. The summed E-state index contributed by atoms with van der Waals surface area (Å²) >= 11 is 0. The van der Waals surface area contributed by atoms with Crippen LogP contribution in [0.3, 0.4) is 0 Å². The molecule has 172 valence electrons. The van der Waals surface area contributed by atoms with E-state index < -0.39 is 15.8 Å². The van der Waals surface area contributed by atoms with E-state index >= 15 is 0 Å². The Morgan fingerprint density at radius 3 is 2.45 bits per heavy atom. The monoisotopic (exact) mass is 468 g/mol. The first kappa shape index (κ1) is 22.8. The van der Waals surface area contributed by atoms with Gasteiger partial charge in [0.2, 0.25) is 0 Å². The minimum Gasteiger partial charge on any atom is -0.497 e. The molecule has 0 aliphatic heterocycles. The first-order valence-electron chi connectivity index (χ1n) is 10.6. The summed E-state index contributed by atoms with van der Waals surface area (Å²) in [6.45, 7) is 2.01. The number of carbonyl (C=O) groups is 1. The van der Waals surface area contributed by atoms with Crippen molar-refractivity contribution in [3.05, 3.63) is 89.2 Å². The molecule has 1 saturated carbocycles. The standard InChI is InChI=1S/C25H25FN2O4S/c1-17-6-13-23(15-24(17)26)33(30,31)27-20-5-3-4-19(14-20)25(29)28(21-9-10-21)16-18-7-11-22(32-2)12-8-18/h3-8,11-15,21,27H,9-10,16H2,1-2H3. The van der Waals surface area contributed by atoms with E-state index in [4.69, 9.17) is 4.74 Å². The number of hydrogen-bond acceptors (Lipinski definition) is 4. The van der Waals surface area contributed by atoms with Gasteiger partial charge in [-0.3, -0.25) is 9.52 Å². The van der Waals surface area contributed by atoms with Crippen LogP contribution in [0.4, 0.5) is 10.1 Å². The summed E-state index contributed by atoms with van der Waals surface area (Å²) in [5.74, 6) is -0.0207. The molecule has 0 radical (unpaired) electrons. The Balaban J connectivity index is 1.54. The Morgan fingerprint density at radius 2 is 1.82 bits per heavy atom. The van der Waals surface area contributed by atoms with E-state index in [0.29, 0.717) is 17.7 Å². The average molecular weight is 469 g/mol. The van der Waals surface area contributed by atoms with Crippen molar-refractivity contribution in [3.63, 3.8) is 0 Å². The number of carbonyl (C=O) groups excluding carboxylic acids is 1. The molecule has 1 aliphatic rings. The third kappa shape index (κ3) is 5.34. The summed E-state index contributed by atoms with van der Waals surface area (Å²) in [4.78, 5) is 14.9. The number of anilines is 1. The molecule has 0 saturated heterocycles. The second kappa shape index (κ2) is 9.23. The number of amides is 1. The van der Waals surface area contributed by atoms with Gasteiger partial charge in [-0.05, 0) is 73.4 Å². The third-order valence-electron chi connectivity index (χ3n) is 5.58. The molecule has 3 aromatic carbocycles. The summed E-state index contributed by atoms with van der Waals surface area (Å²) in [6, 6.07) is 17.8. The fourth-order valence-electron chi connectivity index (χ4n) is 3.52. The maximum atomic E-state index is 13.9. The number of ether oxygens (including phenoxy) is 1. The number of benzene rings is 3. The average Bonchev–Trinajstić information content (AvgIpc) is 3.64. The van der Waals surface area contributed by atoms with Crippen LogP contribution in [0, 0.1) is 12.7 Å². The summed E-state index contributed by atoms with van der Waals surface area (Å²) in [7, 11) is -2.40. The highest BCUT2D eigenvalue weighted by atomic mass is 32.2. The zero-order valence-electron chi connectivity index (χ0n) is 18.4. The molecule has 0 heterocycles. The van der Waals surface area contributed by atoms with Gasteiger partial charge in [0, 0.05) is 23.8 Å². The van der Waals surface area contributed by atoms with E-state index in [0.717, 1.165) is 30.2 Å². The molecular formula is C25H25FN2O4S. The number of nitrogens with one attached hydrogen (secondary N) is 1. The van der Waals surface area contributed by atoms with Crippen LogP contribution < -0.4 is 9.46 Å². The predicted molar refractivity (Wildman–Crippen MR) is 124 cm³/mol. The van der Waals surface area contributed by atoms with Crippen LogP contribution in [0.25, 0.3) is 0 Å². The van der Waals surface area contributed by atoms with Crippen LogP contribution in [-0.2, 0) is 16.6 Å². The lowest BCUT2D eigenvalue weighted by atomic mass is 10.1. The lowest BCUT2D eigenvalue weighted by molar-refractivity contribution is 0.0730. The highest BCUT2D eigenvalue weighted by molar-refractivity contribution is 7.92. The summed E-state index contributed by atoms with van der Waals surface area (Å²) in [5, 5.41) is 0. The molecule has 1 aliphatic carbocycles. The van der Waals surface area contributed by atoms with Crippen LogP contribution in [0.1, 0.15) is 34.3 Å². The molecule has 33 heavy (non-hydrogen) atoms. The maximum absolute atomic E-state index is 13.9. The molecule has 0 atom stereocenters. The molecule has 4 rings (SSSR count). The summed E-state index contributed by atoms with van der Waals surface area (Å²) in [5.41, 5.74) is 1.96. The minimum atomic E-state index is -4.00. The molecule has 1 N–H and O–H groups in total. The van der Waals surface area contributed by atoms with E-state index in [1.165, 1.54) is 18.2 Å². The fourth-order valence-corrected chi connectivity index (χ4v) is 4.58. The summed E-state index contributed by atoms with van der Waals surface area (Å²) in [6.07, 6.45) is 1.88. The van der Waals surface area contributed by atoms with E-state index in [2.05, 4.69) is 4.72 Å². The van der Waals surface area contributed by atoms with Crippen molar-refractivity contribution in [2.24, 2.45) is 0 Å². The molecule has 1 amide bonds. The van der Waals surface area contributed by atoms with Crippen molar-refractivity contribution in [1.29, 1.82) is 0 Å². The van der Waals surface area contributed by atoms with Crippen LogP contribution in [0.2, 0.25) is 0 Å². The van der Waals surface area contributed by atoms with E-state index in [1.54, 1.807) is 32.2 Å². The van der Waals surface area contributed by atoms with E-state index in [-0.39, 0.29) is 22.5 Å². The second-order valence-electron chi connectivity index (χ2n) is 8.11. The van der Waals surface area contributed by atoms with Gasteiger partial charge >= 0.3 is 0 Å². The molecule has 0 spiro atoms. The molecule has 0 bridgehead atoms. The number of sulfonamides is 1. The van der Waals surface area contributed by atoms with Gasteiger partial charge in [-0.1, -0.05) is 24.3 Å². The quantitative estimate of drug-likeness (QED) is 0.518. The molecule has 8 heteroatoms. The zero-order chi connectivity index (χ0) is 23.6. The van der Waals surface area contributed by atoms with Gasteiger partial charge in [-0.2, -0.15) is 0 Å². The maximum Gasteiger partial charge on any atom is 0.261 e. The SMILES string of the molecule is COc1ccc(CN(C(=O)c2cccc(NS(=O)(=O)c3ccc(C)c(F)c3)c2)C2CC2)cc1. The predicted octanol–water partition coefficient (Wildman–Crippen LogP) is 4.75. The zero-order valence-corrected chi connectivity index (χ0v) is 19.2. The molecule has 0 unspecified atom stereocenters. The van der Waals surface area contributed by atoms with Crippen molar-refractivity contribution >= 4 is 21.6 Å². The van der Waals surface area contributed by atoms with Gasteiger partial charge in [-0.15, -0.1) is 0 Å². The van der Waals surface area contributed by atoms with Crippen LogP contribution >= 0.6 is 0 Å². The van der Waals surface area contributed by atoms with Crippen molar-refractivity contribution in [2.75, 3.05) is 11.8 Å². The van der Waals surface area contributed by atoms with Gasteiger partial charge in [0.25, 0.3) is 15.9 Å². The topological polar surface area (TPSA) is 75.7 Å². The van der Waals surface area contributed by atoms with Gasteiger partial charge in [0.1, 0.15) is 11.6 Å². The third-order valence-corrected chi connectivity index (χ3v) is 6.95. The first-order valence-corrected chi connectivity index (χ1v) is 12.1. The minimum absolute atomic E-state index is 0.162. The van der Waals surface area contributed by atoms with Gasteiger partial charge < -0.3 is 9.64 Å². The number of aryl methyl sites for hydroxylation is 1. The first-order chi connectivity index (χ1) is 15.8. The van der Waals surface area contributed by atoms with Crippen LogP contribution in [0.15, 0.2) is 71.6 Å². The Bertz CT molecular complexity index is 1270. The number of methoxy groups -OCH3 is 1. The lowest BCUT2D eigenvalue weighted by Crippen LogP contribution is -2.32. The van der Waals surface area contributed by atoms with Gasteiger partial charge in [0.15, 0.2) is 0 Å². The number of halogens is 1. The van der Waals surface area contributed by atoms with Crippen molar-refractivity contribution in [2.45, 2.75) is 37.2 Å². The molecule has 0 aromatic heterocycles. The number of hydrogen-bond donors (Lipinski definition) is 1. The molecular weight excluding hydrogens is 443 g/mol. The largest absolute Gasteiger partial charge is 0.497 e. The van der Waals surface area contributed by atoms with Crippen LogP contribution in [-0.4, -0.2) is 32.4 Å². The van der Waals surface area contributed by atoms with E-state index in [1.807, 2.05) is 29.2 Å².